The Morgan fingerprint density at radius 3 is 1.48 bits per heavy atom. The first-order chi connectivity index (χ1) is 31.7. The third-order valence-electron chi connectivity index (χ3n) is 13.6. The van der Waals surface area contributed by atoms with E-state index in [2.05, 4.69) is 228 Å². The van der Waals surface area contributed by atoms with Crippen LogP contribution in [0, 0.1) is 0 Å². The average Bonchev–Trinajstić information content (AvgIpc) is 3.37. The van der Waals surface area contributed by atoms with Crippen LogP contribution in [0.25, 0.3) is 66.2 Å². The molecule has 10 aromatic rings. The van der Waals surface area contributed by atoms with Gasteiger partial charge < -0.3 is 9.80 Å². The number of rotatable bonds is 7. The van der Waals surface area contributed by atoms with Gasteiger partial charge in [-0.1, -0.05) is 164 Å². The van der Waals surface area contributed by atoms with E-state index in [4.69, 9.17) is 0 Å². The summed E-state index contributed by atoms with van der Waals surface area (Å²) in [6.07, 6.45) is 6.85. The van der Waals surface area contributed by atoms with Gasteiger partial charge >= 0.3 is 0 Å². The summed E-state index contributed by atoms with van der Waals surface area (Å²) in [6.45, 7) is 1.99. The van der Waals surface area contributed by atoms with E-state index in [1.54, 1.807) is 0 Å². The number of anilines is 4. The van der Waals surface area contributed by atoms with E-state index < -0.39 is 0 Å². The molecule has 2 nitrogen and oxygen atoms in total. The van der Waals surface area contributed by atoms with Crippen molar-refractivity contribution >= 4 is 66.7 Å². The Morgan fingerprint density at radius 2 is 0.891 bits per heavy atom. The van der Waals surface area contributed by atoms with Crippen molar-refractivity contribution in [3.05, 3.63) is 240 Å². The maximum absolute atomic E-state index is 2.55. The topological polar surface area (TPSA) is 6.48 Å². The molecule has 0 amide bonds. The van der Waals surface area contributed by atoms with Crippen LogP contribution in [0.1, 0.15) is 40.7 Å². The lowest BCUT2D eigenvalue weighted by molar-refractivity contribution is 0.767. The lowest BCUT2D eigenvalue weighted by atomic mass is 9.84. The monoisotopic (exact) mass is 820 g/mol. The lowest BCUT2D eigenvalue weighted by Gasteiger charge is -2.32. The fraction of sp³-hybridized carbons (Fsp3) is 0.0968. The highest BCUT2D eigenvalue weighted by molar-refractivity contribution is 6.23. The largest absolute Gasteiger partial charge is 0.341 e. The Morgan fingerprint density at radius 1 is 0.375 bits per heavy atom. The minimum absolute atomic E-state index is 0.992. The van der Waals surface area contributed by atoms with Crippen molar-refractivity contribution in [1.29, 1.82) is 0 Å². The Balaban J connectivity index is 1.14. The molecule has 12 rings (SSSR count). The first-order valence-electron chi connectivity index (χ1n) is 22.9. The number of hydrogen-bond donors (Lipinski definition) is 0. The minimum atomic E-state index is 0.992. The zero-order valence-corrected chi connectivity index (χ0v) is 35.9. The number of hydrogen-bond acceptors (Lipinski definition) is 2. The number of fused-ring (bicyclic) bond motifs is 5. The lowest BCUT2D eigenvalue weighted by Crippen LogP contribution is -2.24. The van der Waals surface area contributed by atoms with Crippen LogP contribution in [0.5, 0.6) is 0 Å². The molecule has 306 valence electrons. The highest BCUT2D eigenvalue weighted by Crippen LogP contribution is 2.48. The van der Waals surface area contributed by atoms with Gasteiger partial charge in [0.15, 0.2) is 0 Å². The summed E-state index contributed by atoms with van der Waals surface area (Å²) in [5.41, 5.74) is 17.7. The molecular weight excluding hydrogens is 773 g/mol. The SMILES string of the molecule is C(=C(c1ccccc1)c1ccccc1)c1cccc(-c2c3ccc(N4CCCc5ccccc54)cc3c(-c3ccc4ccccc4c3)c3ccc(N4CCCc5ccccc54)cc23)c1. The molecule has 0 fully saturated rings. The quantitative estimate of drug-likeness (QED) is 0.117. The van der Waals surface area contributed by atoms with Crippen LogP contribution in [0.2, 0.25) is 0 Å². The van der Waals surface area contributed by atoms with Crippen molar-refractivity contribution in [2.24, 2.45) is 0 Å². The molecule has 0 saturated heterocycles. The molecule has 64 heavy (non-hydrogen) atoms. The minimum Gasteiger partial charge on any atom is -0.341 e. The summed E-state index contributed by atoms with van der Waals surface area (Å²) in [5.74, 6) is 0. The van der Waals surface area contributed by atoms with Crippen molar-refractivity contribution in [2.75, 3.05) is 22.9 Å². The van der Waals surface area contributed by atoms with E-state index in [1.807, 2.05) is 0 Å². The Hall–Kier alpha value is -7.68. The van der Waals surface area contributed by atoms with Gasteiger partial charge in [-0.2, -0.15) is 0 Å². The van der Waals surface area contributed by atoms with E-state index in [0.717, 1.165) is 38.8 Å². The predicted molar refractivity (Wildman–Crippen MR) is 273 cm³/mol. The summed E-state index contributed by atoms with van der Waals surface area (Å²) >= 11 is 0. The van der Waals surface area contributed by atoms with Crippen molar-refractivity contribution in [3.63, 3.8) is 0 Å². The molecule has 0 saturated carbocycles. The van der Waals surface area contributed by atoms with Crippen molar-refractivity contribution in [3.8, 4) is 22.3 Å². The van der Waals surface area contributed by atoms with Crippen LogP contribution in [-0.2, 0) is 12.8 Å². The van der Waals surface area contributed by atoms with Crippen LogP contribution >= 0.6 is 0 Å². The van der Waals surface area contributed by atoms with Gasteiger partial charge in [-0.25, -0.2) is 0 Å². The van der Waals surface area contributed by atoms with Crippen molar-refractivity contribution in [1.82, 2.24) is 0 Å². The fourth-order valence-corrected chi connectivity index (χ4v) is 10.6. The normalized spacial score (nSPS) is 13.5. The molecule has 0 aromatic heterocycles. The summed E-state index contributed by atoms with van der Waals surface area (Å²) in [4.78, 5) is 5.09. The van der Waals surface area contributed by atoms with E-state index in [0.29, 0.717) is 0 Å². The van der Waals surface area contributed by atoms with Crippen LogP contribution < -0.4 is 9.80 Å². The second kappa shape index (κ2) is 16.2. The van der Waals surface area contributed by atoms with Gasteiger partial charge in [-0.15, -0.1) is 0 Å². The molecule has 10 aromatic carbocycles. The first kappa shape index (κ1) is 38.0. The van der Waals surface area contributed by atoms with Gasteiger partial charge in [-0.3, -0.25) is 0 Å². The Labute approximate surface area is 376 Å². The first-order valence-corrected chi connectivity index (χ1v) is 22.9. The van der Waals surface area contributed by atoms with Gasteiger partial charge in [0.05, 0.1) is 0 Å². The summed E-state index contributed by atoms with van der Waals surface area (Å²) in [6, 6.07) is 79.1. The van der Waals surface area contributed by atoms with Crippen molar-refractivity contribution in [2.45, 2.75) is 25.7 Å². The van der Waals surface area contributed by atoms with Crippen molar-refractivity contribution < 1.29 is 0 Å². The zero-order valence-electron chi connectivity index (χ0n) is 35.9. The average molecular weight is 821 g/mol. The van der Waals surface area contributed by atoms with E-state index in [-0.39, 0.29) is 0 Å². The third-order valence-corrected chi connectivity index (χ3v) is 13.6. The predicted octanol–water partition coefficient (Wildman–Crippen LogP) is 16.2. The standard InChI is InChI=1S/C62H48N2/c1-3-18-45(19-4-1)56(46-20-5-2-6-21-46)39-43-16-13-25-50(38-43)61-54-34-32-53(64-37-15-27-48-23-10-12-29-60(48)64)42-58(54)62(51-31-30-44-17-7-8-24-49(44)40-51)55-35-33-52(41-57(55)61)63-36-14-26-47-22-9-11-28-59(47)63/h1-13,16-25,28-35,38-42H,14-15,26-27,36-37H2. The second-order valence-electron chi connectivity index (χ2n) is 17.5. The molecule has 2 aliphatic rings. The van der Waals surface area contributed by atoms with Gasteiger partial charge in [0, 0.05) is 35.8 Å². The van der Waals surface area contributed by atoms with E-state index >= 15 is 0 Å². The van der Waals surface area contributed by atoms with E-state index in [9.17, 15) is 0 Å². The fourth-order valence-electron chi connectivity index (χ4n) is 10.6. The number of para-hydroxylation sites is 2. The van der Waals surface area contributed by atoms with Crippen LogP contribution in [-0.4, -0.2) is 13.1 Å². The van der Waals surface area contributed by atoms with Gasteiger partial charge in [-0.05, 0) is 168 Å². The molecule has 0 spiro atoms. The molecule has 0 atom stereocenters. The Bertz CT molecular complexity index is 3360. The molecule has 0 radical (unpaired) electrons. The highest BCUT2D eigenvalue weighted by Gasteiger charge is 2.24. The van der Waals surface area contributed by atoms with Crippen LogP contribution in [0.4, 0.5) is 22.7 Å². The second-order valence-corrected chi connectivity index (χ2v) is 17.5. The molecule has 2 heteroatoms. The molecule has 0 bridgehead atoms. The summed E-state index contributed by atoms with van der Waals surface area (Å²) in [5, 5.41) is 7.56. The van der Waals surface area contributed by atoms with Gasteiger partial charge in [0.25, 0.3) is 0 Å². The summed E-state index contributed by atoms with van der Waals surface area (Å²) in [7, 11) is 0. The maximum atomic E-state index is 2.55. The molecule has 0 aliphatic carbocycles. The highest BCUT2D eigenvalue weighted by atomic mass is 15.1. The van der Waals surface area contributed by atoms with Crippen LogP contribution in [0.15, 0.2) is 212 Å². The molecule has 2 heterocycles. The van der Waals surface area contributed by atoms with Gasteiger partial charge in [0.1, 0.15) is 0 Å². The molecule has 0 N–H and O–H groups in total. The maximum Gasteiger partial charge on any atom is 0.0443 e. The molecule has 2 aliphatic heterocycles. The number of aryl methyl sites for hydroxylation is 2. The summed E-state index contributed by atoms with van der Waals surface area (Å²) < 4.78 is 0. The number of benzene rings is 10. The Kier molecular flexibility index (Phi) is 9.64. The number of nitrogens with zero attached hydrogens (tertiary/aromatic N) is 2. The van der Waals surface area contributed by atoms with Gasteiger partial charge in [0.2, 0.25) is 0 Å². The molecule has 0 unspecified atom stereocenters. The molecular formula is C62H48N2. The third kappa shape index (κ3) is 6.83. The zero-order chi connectivity index (χ0) is 42.4. The van der Waals surface area contributed by atoms with E-state index in [1.165, 1.54) is 111 Å². The van der Waals surface area contributed by atoms with Crippen LogP contribution in [0.3, 0.4) is 0 Å². The smallest absolute Gasteiger partial charge is 0.0443 e.